The second kappa shape index (κ2) is 17.6. The van der Waals surface area contributed by atoms with Crippen LogP contribution in [0.4, 0.5) is 0 Å². The first-order valence-corrected chi connectivity index (χ1v) is 10.6. The number of hydrogen-bond acceptors (Lipinski definition) is 3. The first-order chi connectivity index (χ1) is 10.7. The first kappa shape index (κ1) is 26.0. The maximum atomic E-state index is 10.2. The number of unbranched alkanes of at least 4 members (excludes halogenated alkanes) is 9. The van der Waals surface area contributed by atoms with E-state index in [-0.39, 0.29) is 15.6 Å². The van der Waals surface area contributed by atoms with Crippen LogP contribution >= 0.6 is 46.4 Å². The summed E-state index contributed by atoms with van der Waals surface area (Å²) in [6, 6.07) is 0. The van der Waals surface area contributed by atoms with E-state index < -0.39 is 10.4 Å². The van der Waals surface area contributed by atoms with Gasteiger partial charge in [0.15, 0.2) is 0 Å². The third-order valence-corrected chi connectivity index (χ3v) is 4.48. The number of hydrogen-bond donors (Lipinski definition) is 1. The molecule has 23 heavy (non-hydrogen) atoms. The van der Waals surface area contributed by atoms with Gasteiger partial charge in [-0.1, -0.05) is 111 Å². The molecule has 0 rings (SSSR count). The predicted octanol–water partition coefficient (Wildman–Crippen LogP) is 6.79. The van der Waals surface area contributed by atoms with Crippen molar-refractivity contribution in [2.24, 2.45) is 0 Å². The van der Waals surface area contributed by atoms with E-state index in [0.717, 1.165) is 12.8 Å². The van der Waals surface area contributed by atoms with E-state index in [1.54, 1.807) is 0 Å². The van der Waals surface area contributed by atoms with Crippen molar-refractivity contribution in [2.75, 3.05) is 6.61 Å². The molecule has 0 heterocycles. The predicted molar refractivity (Wildman–Crippen MR) is 99.8 cm³/mol. The van der Waals surface area contributed by atoms with E-state index in [2.05, 4.69) is 11.1 Å². The average Bonchev–Trinajstić information content (AvgIpc) is 2.44. The molecule has 0 aliphatic carbocycles. The Kier molecular flexibility index (Phi) is 19.9. The highest BCUT2D eigenvalue weighted by atomic mass is 35.5. The molecule has 140 valence electrons. The van der Waals surface area contributed by atoms with Crippen LogP contribution in [-0.4, -0.2) is 19.6 Å². The third-order valence-electron chi connectivity index (χ3n) is 2.87. The topological polar surface area (TPSA) is 63.6 Å². The lowest BCUT2D eigenvalue weighted by molar-refractivity contribution is 0.261. The third kappa shape index (κ3) is 27.9. The smallest absolute Gasteiger partial charge is 0.264 e. The standard InChI is InChI=1S/C12H26O4S.C2Cl4/c1-2-3-4-5-6-7-8-9-10-11-12-16-17(13,14)15;3-1(4)2(5)6/h2-12H2,1H3,(H,13,14,15);. The van der Waals surface area contributed by atoms with Crippen molar-refractivity contribution >= 4 is 56.8 Å². The molecule has 1 N–H and O–H groups in total. The Morgan fingerprint density at radius 1 is 0.783 bits per heavy atom. The summed E-state index contributed by atoms with van der Waals surface area (Å²) in [4.78, 5) is 0. The summed E-state index contributed by atoms with van der Waals surface area (Å²) in [6.45, 7) is 2.31. The summed E-state index contributed by atoms with van der Waals surface area (Å²) in [6.07, 6.45) is 11.9. The molecule has 0 radical (unpaired) electrons. The molecule has 0 aliphatic rings. The molecule has 0 bridgehead atoms. The zero-order chi connectivity index (χ0) is 18.1. The van der Waals surface area contributed by atoms with Crippen molar-refractivity contribution in [1.82, 2.24) is 0 Å². The van der Waals surface area contributed by atoms with E-state index in [4.69, 9.17) is 51.0 Å². The molecule has 0 aromatic heterocycles. The van der Waals surface area contributed by atoms with Crippen LogP contribution in [0.25, 0.3) is 0 Å². The van der Waals surface area contributed by atoms with Gasteiger partial charge in [-0.3, -0.25) is 4.55 Å². The van der Waals surface area contributed by atoms with Gasteiger partial charge in [-0.25, -0.2) is 4.18 Å². The van der Waals surface area contributed by atoms with Crippen molar-refractivity contribution in [3.63, 3.8) is 0 Å². The Bertz CT molecular complexity index is 382. The molecule has 4 nitrogen and oxygen atoms in total. The zero-order valence-electron chi connectivity index (χ0n) is 13.4. The number of halogens is 4. The van der Waals surface area contributed by atoms with Crippen molar-refractivity contribution in [2.45, 2.75) is 71.1 Å². The van der Waals surface area contributed by atoms with Crippen LogP contribution in [0.3, 0.4) is 0 Å². The lowest BCUT2D eigenvalue weighted by Gasteiger charge is -2.02. The summed E-state index contributed by atoms with van der Waals surface area (Å²) < 4.78 is 32.8. The number of rotatable bonds is 12. The van der Waals surface area contributed by atoms with Crippen molar-refractivity contribution in [3.05, 3.63) is 8.98 Å². The second-order valence-corrected chi connectivity index (χ2v) is 7.94. The van der Waals surface area contributed by atoms with Gasteiger partial charge < -0.3 is 0 Å². The Morgan fingerprint density at radius 3 is 1.43 bits per heavy atom. The minimum atomic E-state index is -4.23. The normalized spacial score (nSPS) is 10.9. The molecule has 0 spiro atoms. The van der Waals surface area contributed by atoms with Gasteiger partial charge >= 0.3 is 10.4 Å². The lowest BCUT2D eigenvalue weighted by atomic mass is 10.1. The van der Waals surface area contributed by atoms with E-state index in [1.165, 1.54) is 44.9 Å². The Labute approximate surface area is 160 Å². The SMILES string of the molecule is CCCCCCCCCCCCOS(=O)(=O)O.ClC(Cl)=C(Cl)Cl. The maximum absolute atomic E-state index is 10.2. The minimum absolute atomic E-state index is 0.0926. The molecule has 0 unspecified atom stereocenters. The quantitative estimate of drug-likeness (QED) is 0.272. The molecule has 0 aromatic carbocycles. The lowest BCUT2D eigenvalue weighted by Crippen LogP contribution is -2.04. The highest BCUT2D eigenvalue weighted by Gasteiger charge is 2.02. The van der Waals surface area contributed by atoms with Crippen LogP contribution in [0.5, 0.6) is 0 Å². The molecule has 0 saturated heterocycles. The first-order valence-electron chi connectivity index (χ1n) is 7.68. The molecule has 0 amide bonds. The molecule has 0 saturated carbocycles. The van der Waals surface area contributed by atoms with Crippen molar-refractivity contribution in [3.8, 4) is 0 Å². The molecule has 0 aliphatic heterocycles. The second-order valence-electron chi connectivity index (χ2n) is 4.95. The molecule has 0 aromatic rings. The fraction of sp³-hybridized carbons (Fsp3) is 0.857. The summed E-state index contributed by atoms with van der Waals surface area (Å²) in [5, 5.41) is 0. The van der Waals surface area contributed by atoms with Gasteiger partial charge in [0.1, 0.15) is 8.98 Å². The summed E-state index contributed by atoms with van der Waals surface area (Å²) in [5.74, 6) is 0. The molecule has 0 fully saturated rings. The molecular weight excluding hydrogens is 406 g/mol. The van der Waals surface area contributed by atoms with Crippen LogP contribution in [0.1, 0.15) is 71.1 Å². The highest BCUT2D eigenvalue weighted by Crippen LogP contribution is 2.20. The Balaban J connectivity index is 0. The molecule has 0 atom stereocenters. The van der Waals surface area contributed by atoms with Gasteiger partial charge in [0.25, 0.3) is 0 Å². The fourth-order valence-electron chi connectivity index (χ4n) is 1.75. The molecular formula is C14H26Cl4O4S. The minimum Gasteiger partial charge on any atom is -0.264 e. The largest absolute Gasteiger partial charge is 0.397 e. The van der Waals surface area contributed by atoms with Gasteiger partial charge in [-0.15, -0.1) is 0 Å². The zero-order valence-corrected chi connectivity index (χ0v) is 17.2. The van der Waals surface area contributed by atoms with E-state index in [0.29, 0.717) is 6.42 Å². The molecule has 9 heteroatoms. The van der Waals surface area contributed by atoms with E-state index in [1.807, 2.05) is 0 Å². The maximum Gasteiger partial charge on any atom is 0.397 e. The highest BCUT2D eigenvalue weighted by molar-refractivity contribution is 7.80. The van der Waals surface area contributed by atoms with Crippen LogP contribution in [0.2, 0.25) is 0 Å². The summed E-state index contributed by atoms with van der Waals surface area (Å²) in [5.41, 5.74) is 0. The van der Waals surface area contributed by atoms with Crippen LogP contribution < -0.4 is 0 Å². The van der Waals surface area contributed by atoms with Crippen LogP contribution in [0.15, 0.2) is 8.98 Å². The Hall–Kier alpha value is 0.770. The van der Waals surface area contributed by atoms with Crippen LogP contribution in [0, 0.1) is 0 Å². The van der Waals surface area contributed by atoms with E-state index in [9.17, 15) is 8.42 Å². The van der Waals surface area contributed by atoms with Crippen molar-refractivity contribution in [1.29, 1.82) is 0 Å². The van der Waals surface area contributed by atoms with Gasteiger partial charge in [-0.05, 0) is 6.42 Å². The monoisotopic (exact) mass is 430 g/mol. The fourth-order valence-corrected chi connectivity index (χ4v) is 2.08. The van der Waals surface area contributed by atoms with Gasteiger partial charge in [-0.2, -0.15) is 8.42 Å². The van der Waals surface area contributed by atoms with E-state index >= 15 is 0 Å². The van der Waals surface area contributed by atoms with Gasteiger partial charge in [0.05, 0.1) is 6.61 Å². The van der Waals surface area contributed by atoms with Gasteiger partial charge in [0, 0.05) is 0 Å². The van der Waals surface area contributed by atoms with Crippen molar-refractivity contribution < 1.29 is 17.2 Å². The average molecular weight is 432 g/mol. The van der Waals surface area contributed by atoms with Gasteiger partial charge in [0.2, 0.25) is 0 Å². The summed E-state index contributed by atoms with van der Waals surface area (Å²) in [7, 11) is -4.23. The Morgan fingerprint density at radius 2 is 1.13 bits per heavy atom. The summed E-state index contributed by atoms with van der Waals surface area (Å²) >= 11 is 20.0. The van der Waals surface area contributed by atoms with Crippen LogP contribution in [-0.2, 0) is 14.6 Å².